The number of hydrogen-bond acceptors (Lipinski definition) is 4. The lowest BCUT2D eigenvalue weighted by Crippen LogP contribution is -2.65. The first-order valence-corrected chi connectivity index (χ1v) is 5.57. The molecule has 1 unspecified atom stereocenters. The van der Waals surface area contributed by atoms with Gasteiger partial charge in [-0.1, -0.05) is 6.07 Å². The third-order valence-corrected chi connectivity index (χ3v) is 3.26. The molecule has 1 aromatic heterocycles. The monoisotopic (exact) mass is 239 g/mol. The van der Waals surface area contributed by atoms with Crippen LogP contribution in [0.4, 0.5) is 0 Å². The third-order valence-electron chi connectivity index (χ3n) is 2.36. The number of rotatable bonds is 3. The van der Waals surface area contributed by atoms with Gasteiger partial charge in [0.2, 0.25) is 0 Å². The Morgan fingerprint density at radius 2 is 2.31 bits per heavy atom. The molecule has 5 N–H and O–H groups in total. The average Bonchev–Trinajstić information content (AvgIpc) is 2.71. The summed E-state index contributed by atoms with van der Waals surface area (Å²) in [5, 5.41) is 18.3. The van der Waals surface area contributed by atoms with Crippen LogP contribution in [-0.4, -0.2) is 27.2 Å². The molecule has 0 aliphatic heterocycles. The zero-order valence-electron chi connectivity index (χ0n) is 8.38. The lowest BCUT2D eigenvalue weighted by Gasteiger charge is -2.05. The second kappa shape index (κ2) is 4.07. The highest BCUT2D eigenvalue weighted by Gasteiger charge is 2.18. The Morgan fingerprint density at radius 1 is 1.56 bits per heavy atom. The maximum absolute atomic E-state index is 10.7. The molecule has 0 spiro atoms. The SMILES string of the molecule is [NH3+]C(Cc1ccc(O)c2ncsc12)C(=O)O. The molecule has 5 nitrogen and oxygen atoms in total. The molecule has 6 heteroatoms. The van der Waals surface area contributed by atoms with Crippen molar-refractivity contribution in [2.24, 2.45) is 0 Å². The van der Waals surface area contributed by atoms with Gasteiger partial charge in [0.05, 0.1) is 10.2 Å². The highest BCUT2D eigenvalue weighted by Crippen LogP contribution is 2.30. The van der Waals surface area contributed by atoms with E-state index in [4.69, 9.17) is 5.11 Å². The predicted molar refractivity (Wildman–Crippen MR) is 59.3 cm³/mol. The number of carboxylic acids is 1. The van der Waals surface area contributed by atoms with Crippen molar-refractivity contribution in [2.75, 3.05) is 0 Å². The van der Waals surface area contributed by atoms with Crippen LogP contribution in [0.3, 0.4) is 0 Å². The van der Waals surface area contributed by atoms with Gasteiger partial charge in [-0.2, -0.15) is 0 Å². The van der Waals surface area contributed by atoms with E-state index in [1.165, 1.54) is 17.4 Å². The lowest BCUT2D eigenvalue weighted by molar-refractivity contribution is -0.407. The van der Waals surface area contributed by atoms with Gasteiger partial charge >= 0.3 is 5.97 Å². The maximum atomic E-state index is 10.7. The lowest BCUT2D eigenvalue weighted by atomic mass is 10.1. The summed E-state index contributed by atoms with van der Waals surface area (Å²) in [6.45, 7) is 0. The van der Waals surface area contributed by atoms with Crippen LogP contribution in [-0.2, 0) is 11.2 Å². The van der Waals surface area contributed by atoms with Gasteiger partial charge in [0.15, 0.2) is 6.04 Å². The number of aromatic nitrogens is 1. The third kappa shape index (κ3) is 1.84. The van der Waals surface area contributed by atoms with Gasteiger partial charge in [-0.05, 0) is 11.6 Å². The molecule has 1 heterocycles. The molecule has 0 saturated carbocycles. The highest BCUT2D eigenvalue weighted by atomic mass is 32.1. The molecule has 84 valence electrons. The van der Waals surface area contributed by atoms with Crippen LogP contribution >= 0.6 is 11.3 Å². The van der Waals surface area contributed by atoms with Crippen LogP contribution in [0.15, 0.2) is 17.6 Å². The molecular weight excluding hydrogens is 228 g/mol. The number of thiazole rings is 1. The second-order valence-corrected chi connectivity index (χ2v) is 4.37. The molecule has 16 heavy (non-hydrogen) atoms. The van der Waals surface area contributed by atoms with Gasteiger partial charge in [0, 0.05) is 6.42 Å². The first-order chi connectivity index (χ1) is 7.59. The summed E-state index contributed by atoms with van der Waals surface area (Å²) in [6, 6.07) is 2.57. The molecule has 1 atom stereocenters. The number of carboxylic acid groups (broad SMARTS) is 1. The van der Waals surface area contributed by atoms with Crippen molar-refractivity contribution in [1.29, 1.82) is 0 Å². The zero-order valence-corrected chi connectivity index (χ0v) is 9.20. The standard InChI is InChI=1S/C10H10N2O3S/c11-6(10(14)15)3-5-1-2-7(13)8-9(5)16-4-12-8/h1-2,4,6,13H,3,11H2,(H,14,15)/p+1. The van der Waals surface area contributed by atoms with Gasteiger partial charge in [-0.15, -0.1) is 11.3 Å². The first-order valence-electron chi connectivity index (χ1n) is 4.69. The number of benzene rings is 1. The number of aliphatic carboxylic acids is 1. The van der Waals surface area contributed by atoms with Crippen LogP contribution in [0, 0.1) is 0 Å². The van der Waals surface area contributed by atoms with Gasteiger partial charge in [0.25, 0.3) is 0 Å². The van der Waals surface area contributed by atoms with Crippen molar-refractivity contribution in [3.63, 3.8) is 0 Å². The maximum Gasteiger partial charge on any atom is 0.362 e. The highest BCUT2D eigenvalue weighted by molar-refractivity contribution is 7.17. The van der Waals surface area contributed by atoms with Crippen molar-refractivity contribution >= 4 is 27.5 Å². The minimum Gasteiger partial charge on any atom is -0.506 e. The van der Waals surface area contributed by atoms with Crippen molar-refractivity contribution in [2.45, 2.75) is 12.5 Å². The number of hydrogen-bond donors (Lipinski definition) is 3. The Hall–Kier alpha value is -1.66. The zero-order chi connectivity index (χ0) is 11.7. The van der Waals surface area contributed by atoms with E-state index in [0.29, 0.717) is 11.9 Å². The van der Waals surface area contributed by atoms with Crippen LogP contribution in [0.1, 0.15) is 5.56 Å². The number of fused-ring (bicyclic) bond motifs is 1. The van der Waals surface area contributed by atoms with Gasteiger partial charge in [0.1, 0.15) is 11.3 Å². The largest absolute Gasteiger partial charge is 0.506 e. The van der Waals surface area contributed by atoms with E-state index < -0.39 is 12.0 Å². The van der Waals surface area contributed by atoms with E-state index >= 15 is 0 Å². The molecule has 0 saturated heterocycles. The molecule has 0 bridgehead atoms. The summed E-state index contributed by atoms with van der Waals surface area (Å²) < 4.78 is 0.829. The first kappa shape index (κ1) is 10.8. The smallest absolute Gasteiger partial charge is 0.362 e. The van der Waals surface area contributed by atoms with Crippen LogP contribution in [0.5, 0.6) is 5.75 Å². The van der Waals surface area contributed by atoms with E-state index in [2.05, 4.69) is 10.7 Å². The Labute approximate surface area is 95.2 Å². The molecule has 2 aromatic rings. The molecule has 0 aliphatic carbocycles. The predicted octanol–water partition coefficient (Wildman–Crippen LogP) is 0.239. The molecule has 1 aromatic carbocycles. The van der Waals surface area contributed by atoms with Crippen molar-refractivity contribution in [3.05, 3.63) is 23.2 Å². The van der Waals surface area contributed by atoms with Crippen LogP contribution < -0.4 is 5.73 Å². The van der Waals surface area contributed by atoms with Crippen LogP contribution in [0.2, 0.25) is 0 Å². The van der Waals surface area contributed by atoms with E-state index in [1.807, 2.05) is 0 Å². The molecule has 0 fully saturated rings. The number of quaternary nitrogens is 1. The normalized spacial score (nSPS) is 12.8. The van der Waals surface area contributed by atoms with E-state index in [0.717, 1.165) is 10.3 Å². The molecule has 0 radical (unpaired) electrons. The van der Waals surface area contributed by atoms with Crippen LogP contribution in [0.25, 0.3) is 10.2 Å². The Morgan fingerprint density at radius 3 is 3.00 bits per heavy atom. The second-order valence-electron chi connectivity index (χ2n) is 3.51. The fourth-order valence-corrected chi connectivity index (χ4v) is 2.34. The summed E-state index contributed by atoms with van der Waals surface area (Å²) in [5.41, 5.74) is 6.59. The van der Waals surface area contributed by atoms with Gasteiger partial charge in [-0.3, -0.25) is 0 Å². The minimum atomic E-state index is -0.925. The van der Waals surface area contributed by atoms with E-state index in [-0.39, 0.29) is 5.75 Å². The van der Waals surface area contributed by atoms with Crippen molar-refractivity contribution < 1.29 is 20.7 Å². The summed E-state index contributed by atoms with van der Waals surface area (Å²) in [6.07, 6.45) is 0.342. The molecular formula is C10H11N2O3S+. The van der Waals surface area contributed by atoms with E-state index in [9.17, 15) is 9.90 Å². The number of carbonyl (C=O) groups is 1. The summed E-state index contributed by atoms with van der Waals surface area (Å²) in [7, 11) is 0. The Balaban J connectivity index is 2.42. The number of phenols is 1. The number of nitrogens with zero attached hydrogens (tertiary/aromatic N) is 1. The Bertz CT molecular complexity index is 538. The van der Waals surface area contributed by atoms with Gasteiger partial charge in [-0.25, -0.2) is 9.78 Å². The summed E-state index contributed by atoms with van der Waals surface area (Å²) in [4.78, 5) is 14.8. The fourth-order valence-electron chi connectivity index (χ4n) is 1.50. The number of aromatic hydroxyl groups is 1. The molecule has 2 rings (SSSR count). The average molecular weight is 239 g/mol. The minimum absolute atomic E-state index is 0.121. The van der Waals surface area contributed by atoms with Gasteiger partial charge < -0.3 is 15.9 Å². The summed E-state index contributed by atoms with van der Waals surface area (Å²) >= 11 is 1.39. The number of phenolic OH excluding ortho intramolecular Hbond substituents is 1. The van der Waals surface area contributed by atoms with Crippen molar-refractivity contribution in [3.8, 4) is 5.75 Å². The molecule has 0 amide bonds. The van der Waals surface area contributed by atoms with Crippen molar-refractivity contribution in [1.82, 2.24) is 4.98 Å². The quantitative estimate of drug-likeness (QED) is 0.714. The molecule has 0 aliphatic rings. The van der Waals surface area contributed by atoms with E-state index in [1.54, 1.807) is 11.6 Å². The topological polar surface area (TPSA) is 98.1 Å². The Kier molecular flexibility index (Phi) is 2.76. The fraction of sp³-hybridized carbons (Fsp3) is 0.200. The summed E-state index contributed by atoms with van der Waals surface area (Å²) in [5.74, 6) is -0.804.